The van der Waals surface area contributed by atoms with Gasteiger partial charge in [0.05, 0.1) is 11.5 Å². The lowest BCUT2D eigenvalue weighted by molar-refractivity contribution is -0.125. The average Bonchev–Trinajstić information content (AvgIpc) is 2.48. The number of piperidine rings is 1. The summed E-state index contributed by atoms with van der Waals surface area (Å²) >= 11 is 0. The van der Waals surface area contributed by atoms with Crippen molar-refractivity contribution in [2.24, 2.45) is 5.41 Å². The average molecular weight is 290 g/mol. The molecule has 21 heavy (non-hydrogen) atoms. The zero-order valence-corrected chi connectivity index (χ0v) is 13.2. The highest BCUT2D eigenvalue weighted by molar-refractivity contribution is 5.95. The third kappa shape index (κ3) is 4.21. The van der Waals surface area contributed by atoms with Crippen LogP contribution in [0.25, 0.3) is 0 Å². The van der Waals surface area contributed by atoms with Gasteiger partial charge in [0, 0.05) is 18.3 Å². The molecule has 0 radical (unpaired) electrons. The number of ether oxygens (including phenoxy) is 1. The van der Waals surface area contributed by atoms with Crippen LogP contribution in [0.2, 0.25) is 0 Å². The van der Waals surface area contributed by atoms with Crippen LogP contribution < -0.4 is 15.4 Å². The SMILES string of the molecule is CCC(C)Oc1cccc(NC(=O)C2(C)CCCNC2)c1. The molecule has 1 heterocycles. The van der Waals surface area contributed by atoms with Crippen molar-refractivity contribution in [2.75, 3.05) is 18.4 Å². The molecule has 0 aromatic heterocycles. The van der Waals surface area contributed by atoms with E-state index in [0.29, 0.717) is 0 Å². The summed E-state index contributed by atoms with van der Waals surface area (Å²) in [4.78, 5) is 12.5. The normalized spacial score (nSPS) is 23.4. The molecule has 0 bridgehead atoms. The minimum Gasteiger partial charge on any atom is -0.491 e. The maximum Gasteiger partial charge on any atom is 0.231 e. The van der Waals surface area contributed by atoms with Gasteiger partial charge in [-0.2, -0.15) is 0 Å². The molecule has 0 aliphatic carbocycles. The highest BCUT2D eigenvalue weighted by atomic mass is 16.5. The summed E-state index contributed by atoms with van der Waals surface area (Å²) in [7, 11) is 0. The molecule has 2 atom stereocenters. The number of amides is 1. The van der Waals surface area contributed by atoms with E-state index < -0.39 is 0 Å². The van der Waals surface area contributed by atoms with Crippen LogP contribution in [0.5, 0.6) is 5.75 Å². The van der Waals surface area contributed by atoms with E-state index in [1.807, 2.05) is 38.1 Å². The molecule has 4 nitrogen and oxygen atoms in total. The number of benzene rings is 1. The van der Waals surface area contributed by atoms with Gasteiger partial charge in [0.15, 0.2) is 0 Å². The lowest BCUT2D eigenvalue weighted by Gasteiger charge is -2.32. The Labute approximate surface area is 127 Å². The molecule has 2 unspecified atom stereocenters. The van der Waals surface area contributed by atoms with Gasteiger partial charge in [-0.25, -0.2) is 0 Å². The second kappa shape index (κ2) is 6.94. The largest absolute Gasteiger partial charge is 0.491 e. The Bertz CT molecular complexity index is 481. The van der Waals surface area contributed by atoms with Crippen molar-refractivity contribution < 1.29 is 9.53 Å². The summed E-state index contributed by atoms with van der Waals surface area (Å²) < 4.78 is 5.79. The fourth-order valence-electron chi connectivity index (χ4n) is 2.49. The Morgan fingerprint density at radius 2 is 2.33 bits per heavy atom. The Balaban J connectivity index is 2.02. The standard InChI is InChI=1S/C17H26N2O2/c1-4-13(2)21-15-8-5-7-14(11-15)19-16(20)17(3)9-6-10-18-12-17/h5,7-8,11,13,18H,4,6,9-10,12H2,1-3H3,(H,19,20). The first-order chi connectivity index (χ1) is 10.0. The second-order valence-electron chi connectivity index (χ2n) is 6.16. The first-order valence-electron chi connectivity index (χ1n) is 7.82. The van der Waals surface area contributed by atoms with Crippen molar-refractivity contribution in [3.8, 4) is 5.75 Å². The molecular formula is C17H26N2O2. The Hall–Kier alpha value is -1.55. The third-order valence-corrected chi connectivity index (χ3v) is 4.15. The summed E-state index contributed by atoms with van der Waals surface area (Å²) in [6.07, 6.45) is 3.10. The number of anilines is 1. The summed E-state index contributed by atoms with van der Waals surface area (Å²) in [6.45, 7) is 7.89. The molecule has 1 aromatic carbocycles. The van der Waals surface area contributed by atoms with Crippen molar-refractivity contribution in [3.63, 3.8) is 0 Å². The molecule has 1 saturated heterocycles. The number of carbonyl (C=O) groups excluding carboxylic acids is 1. The van der Waals surface area contributed by atoms with Crippen LogP contribution in [0.15, 0.2) is 24.3 Å². The molecule has 116 valence electrons. The quantitative estimate of drug-likeness (QED) is 0.875. The van der Waals surface area contributed by atoms with Crippen LogP contribution in [-0.4, -0.2) is 25.1 Å². The van der Waals surface area contributed by atoms with Crippen LogP contribution >= 0.6 is 0 Å². The van der Waals surface area contributed by atoms with E-state index in [0.717, 1.165) is 43.8 Å². The monoisotopic (exact) mass is 290 g/mol. The zero-order chi connectivity index (χ0) is 15.3. The highest BCUT2D eigenvalue weighted by Gasteiger charge is 2.34. The Kier molecular flexibility index (Phi) is 5.23. The first-order valence-corrected chi connectivity index (χ1v) is 7.82. The molecule has 0 saturated carbocycles. The van der Waals surface area contributed by atoms with Gasteiger partial charge in [0.25, 0.3) is 0 Å². The van der Waals surface area contributed by atoms with E-state index in [2.05, 4.69) is 17.6 Å². The van der Waals surface area contributed by atoms with Crippen LogP contribution in [0, 0.1) is 5.41 Å². The van der Waals surface area contributed by atoms with Gasteiger partial charge in [0.1, 0.15) is 5.75 Å². The molecule has 1 aromatic rings. The van der Waals surface area contributed by atoms with Gasteiger partial charge in [-0.1, -0.05) is 13.0 Å². The zero-order valence-electron chi connectivity index (χ0n) is 13.2. The number of nitrogens with one attached hydrogen (secondary N) is 2. The molecular weight excluding hydrogens is 264 g/mol. The van der Waals surface area contributed by atoms with Crippen LogP contribution in [0.4, 0.5) is 5.69 Å². The van der Waals surface area contributed by atoms with E-state index in [1.165, 1.54) is 0 Å². The predicted octanol–water partition coefficient (Wildman–Crippen LogP) is 3.19. The van der Waals surface area contributed by atoms with E-state index >= 15 is 0 Å². The molecule has 1 fully saturated rings. The van der Waals surface area contributed by atoms with Crippen LogP contribution in [-0.2, 0) is 4.79 Å². The molecule has 1 amide bonds. The predicted molar refractivity (Wildman–Crippen MR) is 85.7 cm³/mol. The van der Waals surface area contributed by atoms with Crippen molar-refractivity contribution >= 4 is 11.6 Å². The molecule has 2 rings (SSSR count). The maximum absolute atomic E-state index is 12.5. The minimum absolute atomic E-state index is 0.0791. The van der Waals surface area contributed by atoms with Gasteiger partial charge >= 0.3 is 0 Å². The summed E-state index contributed by atoms with van der Waals surface area (Å²) in [5, 5.41) is 6.33. The van der Waals surface area contributed by atoms with Crippen LogP contribution in [0.1, 0.15) is 40.0 Å². The van der Waals surface area contributed by atoms with Gasteiger partial charge in [-0.15, -0.1) is 0 Å². The van der Waals surface area contributed by atoms with Crippen molar-refractivity contribution in [1.29, 1.82) is 0 Å². The van der Waals surface area contributed by atoms with E-state index in [-0.39, 0.29) is 17.4 Å². The summed E-state index contributed by atoms with van der Waals surface area (Å²) in [5.74, 6) is 0.879. The molecule has 2 N–H and O–H groups in total. The highest BCUT2D eigenvalue weighted by Crippen LogP contribution is 2.28. The fraction of sp³-hybridized carbons (Fsp3) is 0.588. The summed E-state index contributed by atoms with van der Waals surface area (Å²) in [5.41, 5.74) is 0.471. The first kappa shape index (κ1) is 15.8. The number of hydrogen-bond donors (Lipinski definition) is 2. The van der Waals surface area contributed by atoms with Crippen molar-refractivity contribution in [2.45, 2.75) is 46.1 Å². The third-order valence-electron chi connectivity index (χ3n) is 4.15. The lowest BCUT2D eigenvalue weighted by atomic mass is 9.82. The lowest BCUT2D eigenvalue weighted by Crippen LogP contribution is -2.46. The van der Waals surface area contributed by atoms with E-state index in [1.54, 1.807) is 0 Å². The maximum atomic E-state index is 12.5. The topological polar surface area (TPSA) is 50.4 Å². The fourth-order valence-corrected chi connectivity index (χ4v) is 2.49. The van der Waals surface area contributed by atoms with Crippen molar-refractivity contribution in [1.82, 2.24) is 5.32 Å². The van der Waals surface area contributed by atoms with E-state index in [4.69, 9.17) is 4.74 Å². The Morgan fingerprint density at radius 1 is 1.52 bits per heavy atom. The number of hydrogen-bond acceptors (Lipinski definition) is 3. The molecule has 1 aliphatic rings. The summed E-state index contributed by atoms with van der Waals surface area (Å²) in [6, 6.07) is 7.63. The van der Waals surface area contributed by atoms with Crippen LogP contribution in [0.3, 0.4) is 0 Å². The minimum atomic E-state index is -0.328. The van der Waals surface area contributed by atoms with Gasteiger partial charge < -0.3 is 15.4 Å². The number of rotatable bonds is 5. The van der Waals surface area contributed by atoms with Gasteiger partial charge in [-0.3, -0.25) is 4.79 Å². The molecule has 1 aliphatic heterocycles. The smallest absolute Gasteiger partial charge is 0.231 e. The van der Waals surface area contributed by atoms with Gasteiger partial charge in [-0.05, 0) is 51.8 Å². The van der Waals surface area contributed by atoms with Gasteiger partial charge in [0.2, 0.25) is 5.91 Å². The number of carbonyl (C=O) groups is 1. The molecule has 0 spiro atoms. The molecule has 4 heteroatoms. The second-order valence-corrected chi connectivity index (χ2v) is 6.16. The Morgan fingerprint density at radius 3 is 3.00 bits per heavy atom. The van der Waals surface area contributed by atoms with Crippen molar-refractivity contribution in [3.05, 3.63) is 24.3 Å². The van der Waals surface area contributed by atoms with E-state index in [9.17, 15) is 4.79 Å².